The van der Waals surface area contributed by atoms with Crippen LogP contribution < -0.4 is 5.32 Å². The summed E-state index contributed by atoms with van der Waals surface area (Å²) in [5.74, 6) is -0.235. The molecule has 0 aliphatic heterocycles. The van der Waals surface area contributed by atoms with Crippen molar-refractivity contribution in [2.24, 2.45) is 0 Å². The van der Waals surface area contributed by atoms with E-state index in [4.69, 9.17) is 11.6 Å². The Morgan fingerprint density at radius 1 is 1.35 bits per heavy atom. The Labute approximate surface area is 134 Å². The van der Waals surface area contributed by atoms with Crippen LogP contribution >= 0.6 is 38.9 Å². The van der Waals surface area contributed by atoms with Gasteiger partial charge in [0.25, 0.3) is 0 Å². The molecule has 2 aromatic rings. The van der Waals surface area contributed by atoms with Crippen molar-refractivity contribution in [3.05, 3.63) is 45.9 Å². The van der Waals surface area contributed by atoms with E-state index in [1.807, 2.05) is 12.1 Å². The first-order valence-electron chi connectivity index (χ1n) is 5.80. The monoisotopic (exact) mass is 371 g/mol. The Bertz CT molecular complexity index is 612. The van der Waals surface area contributed by atoms with Crippen molar-refractivity contribution in [1.29, 1.82) is 0 Å². The lowest BCUT2D eigenvalue weighted by Gasteiger charge is -1.95. The van der Waals surface area contributed by atoms with Crippen LogP contribution in [0.2, 0.25) is 5.02 Å². The first-order valence-corrected chi connectivity index (χ1v) is 8.12. The van der Waals surface area contributed by atoms with Crippen LogP contribution in [-0.4, -0.2) is 21.4 Å². The second-order valence-corrected chi connectivity index (χ2v) is 6.11. The third-order valence-corrected chi connectivity index (χ3v) is 3.85. The molecule has 2 rings (SSSR count). The lowest BCUT2D eigenvalue weighted by Crippen LogP contribution is -2.07. The smallest absolute Gasteiger partial charge is 0.250 e. The summed E-state index contributed by atoms with van der Waals surface area (Å²) in [6.45, 7) is 0. The molecule has 0 aliphatic carbocycles. The van der Waals surface area contributed by atoms with E-state index in [9.17, 15) is 4.79 Å². The van der Waals surface area contributed by atoms with E-state index in [2.05, 4.69) is 31.4 Å². The second-order valence-electron chi connectivity index (χ2n) is 3.81. The number of halogens is 2. The maximum Gasteiger partial charge on any atom is 0.250 e. The van der Waals surface area contributed by atoms with E-state index in [1.165, 1.54) is 17.4 Å². The molecule has 7 heteroatoms. The second kappa shape index (κ2) is 7.52. The first kappa shape index (κ1) is 15.2. The first-order chi connectivity index (χ1) is 9.67. The van der Waals surface area contributed by atoms with E-state index in [1.54, 1.807) is 18.2 Å². The van der Waals surface area contributed by atoms with Crippen LogP contribution in [-0.2, 0) is 11.2 Å². The van der Waals surface area contributed by atoms with Crippen molar-refractivity contribution in [3.8, 4) is 0 Å². The molecule has 0 radical (unpaired) electrons. The summed E-state index contributed by atoms with van der Waals surface area (Å²) in [7, 11) is 0. The van der Waals surface area contributed by atoms with Gasteiger partial charge in [-0.3, -0.25) is 10.1 Å². The van der Waals surface area contributed by atoms with Gasteiger partial charge in [0.15, 0.2) is 0 Å². The van der Waals surface area contributed by atoms with Gasteiger partial charge in [0.1, 0.15) is 5.01 Å². The van der Waals surface area contributed by atoms with Gasteiger partial charge in [-0.15, -0.1) is 10.2 Å². The maximum atomic E-state index is 11.7. The van der Waals surface area contributed by atoms with Gasteiger partial charge in [0, 0.05) is 22.8 Å². The number of nitrogens with one attached hydrogen (secondary N) is 1. The predicted molar refractivity (Wildman–Crippen MR) is 86.5 cm³/mol. The molecule has 0 saturated heterocycles. The number of nitrogens with zero attached hydrogens (tertiary/aromatic N) is 2. The van der Waals surface area contributed by atoms with Gasteiger partial charge in [-0.1, -0.05) is 51.0 Å². The normalized spacial score (nSPS) is 10.9. The number of benzene rings is 1. The number of rotatable bonds is 5. The molecule has 1 amide bonds. The van der Waals surface area contributed by atoms with Gasteiger partial charge in [-0.05, 0) is 23.8 Å². The summed E-state index contributed by atoms with van der Waals surface area (Å²) in [4.78, 5) is 11.7. The van der Waals surface area contributed by atoms with Crippen molar-refractivity contribution >= 4 is 56.0 Å². The minimum atomic E-state index is -0.235. The molecule has 1 aromatic heterocycles. The highest BCUT2D eigenvalue weighted by Crippen LogP contribution is 2.16. The number of aryl methyl sites for hydroxylation is 1. The zero-order valence-electron chi connectivity index (χ0n) is 10.3. The number of amides is 1. The van der Waals surface area contributed by atoms with Crippen LogP contribution in [0.1, 0.15) is 10.6 Å². The number of carbonyl (C=O) groups is 1. The summed E-state index contributed by atoms with van der Waals surface area (Å²) >= 11 is 10.5. The van der Waals surface area contributed by atoms with Gasteiger partial charge in [0.2, 0.25) is 11.0 Å². The Balaban J connectivity index is 1.92. The molecule has 0 bridgehead atoms. The number of carbonyl (C=O) groups excluding carboxylic acids is 1. The van der Waals surface area contributed by atoms with E-state index < -0.39 is 0 Å². The van der Waals surface area contributed by atoms with E-state index in [0.29, 0.717) is 10.2 Å². The number of aromatic nitrogens is 2. The molecule has 104 valence electrons. The Kier molecular flexibility index (Phi) is 5.70. The van der Waals surface area contributed by atoms with Crippen LogP contribution in [0.4, 0.5) is 5.13 Å². The number of hydrogen-bond donors (Lipinski definition) is 1. The molecule has 0 spiro atoms. The maximum absolute atomic E-state index is 11.7. The lowest BCUT2D eigenvalue weighted by molar-refractivity contribution is -0.111. The molecule has 20 heavy (non-hydrogen) atoms. The molecule has 0 aliphatic rings. The minimum Gasteiger partial charge on any atom is -0.297 e. The lowest BCUT2D eigenvalue weighted by atomic mass is 10.2. The van der Waals surface area contributed by atoms with Crippen molar-refractivity contribution in [2.75, 3.05) is 10.6 Å². The average molecular weight is 373 g/mol. The van der Waals surface area contributed by atoms with Crippen LogP contribution in [0.5, 0.6) is 0 Å². The van der Waals surface area contributed by atoms with E-state index in [0.717, 1.165) is 22.3 Å². The van der Waals surface area contributed by atoms with E-state index in [-0.39, 0.29) is 5.91 Å². The molecule has 1 aromatic carbocycles. The molecule has 0 saturated carbocycles. The van der Waals surface area contributed by atoms with E-state index >= 15 is 0 Å². The predicted octanol–water partition coefficient (Wildman–Crippen LogP) is 3.78. The van der Waals surface area contributed by atoms with Crippen molar-refractivity contribution in [2.45, 2.75) is 6.42 Å². The third kappa shape index (κ3) is 4.70. The van der Waals surface area contributed by atoms with Crippen molar-refractivity contribution in [3.63, 3.8) is 0 Å². The van der Waals surface area contributed by atoms with Gasteiger partial charge in [-0.25, -0.2) is 0 Å². The summed E-state index contributed by atoms with van der Waals surface area (Å²) in [5, 5.41) is 13.4. The molecule has 4 nitrogen and oxygen atoms in total. The summed E-state index contributed by atoms with van der Waals surface area (Å²) in [5.41, 5.74) is 0.904. The van der Waals surface area contributed by atoms with Crippen molar-refractivity contribution < 1.29 is 4.79 Å². The average Bonchev–Trinajstić information content (AvgIpc) is 2.86. The highest BCUT2D eigenvalue weighted by Gasteiger charge is 2.05. The summed E-state index contributed by atoms with van der Waals surface area (Å²) in [6, 6.07) is 7.23. The molecular weight excluding hydrogens is 362 g/mol. The molecule has 0 fully saturated rings. The van der Waals surface area contributed by atoms with Gasteiger partial charge < -0.3 is 0 Å². The van der Waals surface area contributed by atoms with Crippen LogP contribution in [0.3, 0.4) is 0 Å². The van der Waals surface area contributed by atoms with Gasteiger partial charge >= 0.3 is 0 Å². The standard InChI is InChI=1S/C13H11BrClN3OS/c14-8-7-12-17-18-13(20-12)16-11(19)6-3-9-1-4-10(15)5-2-9/h1-6H,7-8H2,(H,16,18,19)/b6-3+. The fourth-order valence-electron chi connectivity index (χ4n) is 1.38. The Morgan fingerprint density at radius 2 is 2.10 bits per heavy atom. The molecular formula is C13H11BrClN3OS. The number of anilines is 1. The number of hydrogen-bond acceptors (Lipinski definition) is 4. The number of alkyl halides is 1. The Hall–Kier alpha value is -1.24. The third-order valence-electron chi connectivity index (χ3n) is 2.30. The zero-order chi connectivity index (χ0) is 14.4. The Morgan fingerprint density at radius 3 is 2.80 bits per heavy atom. The topological polar surface area (TPSA) is 54.9 Å². The highest BCUT2D eigenvalue weighted by molar-refractivity contribution is 9.09. The fraction of sp³-hybridized carbons (Fsp3) is 0.154. The fourth-order valence-corrected chi connectivity index (χ4v) is 2.89. The zero-order valence-corrected chi connectivity index (χ0v) is 13.5. The molecule has 0 atom stereocenters. The summed E-state index contributed by atoms with van der Waals surface area (Å²) in [6.07, 6.45) is 3.97. The van der Waals surface area contributed by atoms with Gasteiger partial charge in [0.05, 0.1) is 0 Å². The van der Waals surface area contributed by atoms with Crippen LogP contribution in [0.25, 0.3) is 6.08 Å². The molecule has 0 unspecified atom stereocenters. The minimum absolute atomic E-state index is 0.235. The molecule has 1 heterocycles. The van der Waals surface area contributed by atoms with Crippen LogP contribution in [0, 0.1) is 0 Å². The largest absolute Gasteiger partial charge is 0.297 e. The SMILES string of the molecule is O=C(/C=C/c1ccc(Cl)cc1)Nc1nnc(CCBr)s1. The van der Waals surface area contributed by atoms with Crippen molar-refractivity contribution in [1.82, 2.24) is 10.2 Å². The molecule has 1 N–H and O–H groups in total. The van der Waals surface area contributed by atoms with Gasteiger partial charge in [-0.2, -0.15) is 0 Å². The summed E-state index contributed by atoms with van der Waals surface area (Å²) < 4.78 is 0. The highest BCUT2D eigenvalue weighted by atomic mass is 79.9. The quantitative estimate of drug-likeness (QED) is 0.642. The van der Waals surface area contributed by atoms with Crippen LogP contribution in [0.15, 0.2) is 30.3 Å².